The second kappa shape index (κ2) is 7.63. The van der Waals surface area contributed by atoms with Crippen LogP contribution in [0.1, 0.15) is 31.2 Å². The van der Waals surface area contributed by atoms with Crippen LogP contribution in [0.5, 0.6) is 0 Å². The fraction of sp³-hybridized carbons (Fsp3) is 0.625. The Morgan fingerprint density at radius 3 is 2.68 bits per heavy atom. The van der Waals surface area contributed by atoms with E-state index in [9.17, 15) is 5.11 Å². The highest BCUT2D eigenvalue weighted by Crippen LogP contribution is 2.21. The van der Waals surface area contributed by atoms with Crippen LogP contribution < -0.4 is 5.32 Å². The molecule has 2 N–H and O–H groups in total. The highest BCUT2D eigenvalue weighted by molar-refractivity contribution is 5.16. The summed E-state index contributed by atoms with van der Waals surface area (Å²) < 4.78 is 5.56. The number of rotatable bonds is 6. The van der Waals surface area contributed by atoms with Gasteiger partial charge in [0.25, 0.3) is 0 Å². The molecule has 0 saturated heterocycles. The van der Waals surface area contributed by atoms with E-state index < -0.39 is 0 Å². The van der Waals surface area contributed by atoms with E-state index in [1.807, 2.05) is 18.2 Å². The topological polar surface area (TPSA) is 41.5 Å². The Morgan fingerprint density at radius 2 is 2.00 bits per heavy atom. The van der Waals surface area contributed by atoms with E-state index in [2.05, 4.69) is 17.4 Å². The van der Waals surface area contributed by atoms with Crippen LogP contribution in [0.25, 0.3) is 0 Å². The number of hydrogen-bond acceptors (Lipinski definition) is 3. The molecule has 3 nitrogen and oxygen atoms in total. The minimum Gasteiger partial charge on any atom is -0.395 e. The predicted molar refractivity (Wildman–Crippen MR) is 77.2 cm³/mol. The molecule has 3 heteroatoms. The molecular weight excluding hydrogens is 238 g/mol. The second-order valence-electron chi connectivity index (χ2n) is 5.40. The number of ether oxygens (including phenoxy) is 1. The quantitative estimate of drug-likeness (QED) is 0.826. The van der Waals surface area contributed by atoms with Gasteiger partial charge >= 0.3 is 0 Å². The lowest BCUT2D eigenvalue weighted by molar-refractivity contribution is 0.0344. The van der Waals surface area contributed by atoms with Crippen molar-refractivity contribution in [1.29, 1.82) is 0 Å². The van der Waals surface area contributed by atoms with Crippen molar-refractivity contribution in [3.8, 4) is 0 Å². The summed E-state index contributed by atoms with van der Waals surface area (Å²) >= 11 is 0. The Kier molecular flexibility index (Phi) is 5.83. The van der Waals surface area contributed by atoms with Crippen molar-refractivity contribution in [3.05, 3.63) is 35.9 Å². The van der Waals surface area contributed by atoms with Gasteiger partial charge in [-0.2, -0.15) is 0 Å². The van der Waals surface area contributed by atoms with Gasteiger partial charge in [0.2, 0.25) is 0 Å². The highest BCUT2D eigenvalue weighted by Gasteiger charge is 2.26. The third-order valence-corrected chi connectivity index (χ3v) is 4.00. The monoisotopic (exact) mass is 263 g/mol. The first-order valence-corrected chi connectivity index (χ1v) is 7.27. The number of benzene rings is 1. The van der Waals surface area contributed by atoms with Gasteiger partial charge in [0.15, 0.2) is 0 Å². The lowest BCUT2D eigenvalue weighted by Gasteiger charge is -2.34. The molecule has 1 aliphatic rings. The van der Waals surface area contributed by atoms with Crippen molar-refractivity contribution in [3.63, 3.8) is 0 Å². The van der Waals surface area contributed by atoms with Gasteiger partial charge in [0.1, 0.15) is 0 Å². The van der Waals surface area contributed by atoms with Gasteiger partial charge in [-0.25, -0.2) is 0 Å². The van der Waals surface area contributed by atoms with Gasteiger partial charge in [-0.15, -0.1) is 0 Å². The molecule has 3 unspecified atom stereocenters. The Balaban J connectivity index is 1.90. The standard InChI is InChI=1S/C16H25NO2/c1-19-16-10-6-5-9-15(16)17-14(12-18)11-13-7-3-2-4-8-13/h2-4,7-8,14-18H,5-6,9-12H2,1H3. The Morgan fingerprint density at radius 1 is 1.26 bits per heavy atom. The second-order valence-corrected chi connectivity index (χ2v) is 5.40. The van der Waals surface area contributed by atoms with Gasteiger partial charge < -0.3 is 15.2 Å². The number of aliphatic hydroxyl groups excluding tert-OH is 1. The highest BCUT2D eigenvalue weighted by atomic mass is 16.5. The van der Waals surface area contributed by atoms with Crippen molar-refractivity contribution in [2.75, 3.05) is 13.7 Å². The van der Waals surface area contributed by atoms with Crippen LogP contribution in [0.15, 0.2) is 30.3 Å². The van der Waals surface area contributed by atoms with Crippen LogP contribution in [0.2, 0.25) is 0 Å². The largest absolute Gasteiger partial charge is 0.395 e. The molecule has 1 saturated carbocycles. The molecule has 0 bridgehead atoms. The van der Waals surface area contributed by atoms with Crippen LogP contribution in [-0.4, -0.2) is 37.0 Å². The van der Waals surface area contributed by atoms with Crippen molar-refractivity contribution < 1.29 is 9.84 Å². The molecule has 19 heavy (non-hydrogen) atoms. The lowest BCUT2D eigenvalue weighted by atomic mass is 9.91. The van der Waals surface area contributed by atoms with Crippen molar-refractivity contribution in [2.45, 2.75) is 50.3 Å². The fourth-order valence-corrected chi connectivity index (χ4v) is 2.95. The fourth-order valence-electron chi connectivity index (χ4n) is 2.95. The molecular formula is C16H25NO2. The van der Waals surface area contributed by atoms with Gasteiger partial charge in [-0.3, -0.25) is 0 Å². The molecule has 1 aliphatic carbocycles. The molecule has 0 radical (unpaired) electrons. The minimum atomic E-state index is 0.114. The first-order valence-electron chi connectivity index (χ1n) is 7.27. The molecule has 1 aromatic rings. The minimum absolute atomic E-state index is 0.114. The SMILES string of the molecule is COC1CCCCC1NC(CO)Cc1ccccc1. The molecule has 0 spiro atoms. The van der Waals surface area contributed by atoms with E-state index >= 15 is 0 Å². The molecule has 3 atom stereocenters. The number of hydrogen-bond donors (Lipinski definition) is 2. The van der Waals surface area contributed by atoms with E-state index in [1.54, 1.807) is 7.11 Å². The lowest BCUT2D eigenvalue weighted by Crippen LogP contribution is -2.49. The maximum Gasteiger partial charge on any atom is 0.0724 e. The average Bonchev–Trinajstić information content (AvgIpc) is 2.48. The number of methoxy groups -OCH3 is 1. The third kappa shape index (κ3) is 4.30. The van der Waals surface area contributed by atoms with Gasteiger partial charge in [-0.05, 0) is 24.8 Å². The average molecular weight is 263 g/mol. The van der Waals surface area contributed by atoms with Crippen LogP contribution in [0, 0.1) is 0 Å². The summed E-state index contributed by atoms with van der Waals surface area (Å²) in [7, 11) is 1.79. The van der Waals surface area contributed by atoms with E-state index in [-0.39, 0.29) is 12.6 Å². The predicted octanol–water partition coefficient (Wildman–Crippen LogP) is 2.14. The zero-order chi connectivity index (χ0) is 13.5. The molecule has 0 aromatic heterocycles. The van der Waals surface area contributed by atoms with Gasteiger partial charge in [0, 0.05) is 19.2 Å². The molecule has 2 rings (SSSR count). The first kappa shape index (κ1) is 14.5. The Labute approximate surface area is 116 Å². The smallest absolute Gasteiger partial charge is 0.0724 e. The maximum absolute atomic E-state index is 9.57. The molecule has 0 aliphatic heterocycles. The summed E-state index contributed by atoms with van der Waals surface area (Å²) in [5.41, 5.74) is 1.26. The summed E-state index contributed by atoms with van der Waals surface area (Å²) in [5, 5.41) is 13.2. The van der Waals surface area contributed by atoms with Crippen LogP contribution in [0.3, 0.4) is 0 Å². The normalized spacial score (nSPS) is 25.2. The van der Waals surface area contributed by atoms with Gasteiger partial charge in [0.05, 0.1) is 12.7 Å². The zero-order valence-electron chi connectivity index (χ0n) is 11.7. The van der Waals surface area contributed by atoms with Crippen molar-refractivity contribution in [2.24, 2.45) is 0 Å². The molecule has 0 amide bonds. The van der Waals surface area contributed by atoms with E-state index in [4.69, 9.17) is 4.74 Å². The maximum atomic E-state index is 9.57. The summed E-state index contributed by atoms with van der Waals surface area (Å²) in [6, 6.07) is 10.8. The molecule has 106 valence electrons. The molecule has 0 heterocycles. The van der Waals surface area contributed by atoms with Crippen molar-refractivity contribution >= 4 is 0 Å². The summed E-state index contributed by atoms with van der Waals surface area (Å²) in [6.07, 6.45) is 5.92. The van der Waals surface area contributed by atoms with E-state index in [0.29, 0.717) is 12.1 Å². The third-order valence-electron chi connectivity index (χ3n) is 4.00. The number of aliphatic hydroxyl groups is 1. The van der Waals surface area contributed by atoms with Crippen LogP contribution in [-0.2, 0) is 11.2 Å². The van der Waals surface area contributed by atoms with E-state index in [1.165, 1.54) is 18.4 Å². The van der Waals surface area contributed by atoms with E-state index in [0.717, 1.165) is 19.3 Å². The number of nitrogens with one attached hydrogen (secondary N) is 1. The summed E-state index contributed by atoms with van der Waals surface area (Å²) in [5.74, 6) is 0. The van der Waals surface area contributed by atoms with Crippen LogP contribution in [0.4, 0.5) is 0 Å². The molecule has 1 fully saturated rings. The van der Waals surface area contributed by atoms with Crippen LogP contribution >= 0.6 is 0 Å². The Hall–Kier alpha value is -0.900. The zero-order valence-corrected chi connectivity index (χ0v) is 11.7. The first-order chi connectivity index (χ1) is 9.33. The molecule has 1 aromatic carbocycles. The summed E-state index contributed by atoms with van der Waals surface area (Å²) in [6.45, 7) is 0.168. The van der Waals surface area contributed by atoms with Gasteiger partial charge in [-0.1, -0.05) is 43.2 Å². The summed E-state index contributed by atoms with van der Waals surface area (Å²) in [4.78, 5) is 0. The van der Waals surface area contributed by atoms with Crippen molar-refractivity contribution in [1.82, 2.24) is 5.32 Å². The Bertz CT molecular complexity index is 355.